The molecule has 0 aromatic carbocycles. The van der Waals surface area contributed by atoms with Crippen LogP contribution in [0.3, 0.4) is 0 Å². The first kappa shape index (κ1) is 8.67. The van der Waals surface area contributed by atoms with Crippen molar-refractivity contribution in [2.45, 2.75) is 39.5 Å². The van der Waals surface area contributed by atoms with Gasteiger partial charge in [0.25, 0.3) is 0 Å². The van der Waals surface area contributed by atoms with Crippen molar-refractivity contribution in [1.29, 1.82) is 0 Å². The monoisotopic (exact) mass is 128 g/mol. The van der Waals surface area contributed by atoms with Crippen LogP contribution in [-0.2, 0) is 4.79 Å². The molecule has 1 saturated carbocycles. The van der Waals surface area contributed by atoms with Crippen molar-refractivity contribution in [2.24, 2.45) is 5.92 Å². The summed E-state index contributed by atoms with van der Waals surface area (Å²) >= 11 is 0. The van der Waals surface area contributed by atoms with Gasteiger partial charge in [-0.25, -0.2) is 0 Å². The van der Waals surface area contributed by atoms with E-state index in [-0.39, 0.29) is 0 Å². The summed E-state index contributed by atoms with van der Waals surface area (Å²) in [6.07, 6.45) is 5.91. The lowest BCUT2D eigenvalue weighted by Gasteiger charge is -1.90. The minimum absolute atomic E-state index is 0.417. The van der Waals surface area contributed by atoms with Gasteiger partial charge in [-0.3, -0.25) is 0 Å². The third kappa shape index (κ3) is 3.28. The molecule has 0 amide bonds. The zero-order chi connectivity index (χ0) is 7.11. The van der Waals surface area contributed by atoms with E-state index in [1.54, 1.807) is 0 Å². The lowest BCUT2D eigenvalue weighted by atomic mass is 10.1. The molecule has 0 bridgehead atoms. The minimum atomic E-state index is 0.417. The highest BCUT2D eigenvalue weighted by atomic mass is 16.1. The van der Waals surface area contributed by atoms with Crippen LogP contribution in [0, 0.1) is 5.92 Å². The predicted octanol–water partition coefficient (Wildman–Crippen LogP) is 2.40. The Morgan fingerprint density at radius 1 is 1.22 bits per heavy atom. The molecule has 0 N–H and O–H groups in total. The van der Waals surface area contributed by atoms with E-state index in [0.717, 1.165) is 19.1 Å². The number of aldehydes is 1. The fourth-order valence-electron chi connectivity index (χ4n) is 1.09. The standard InChI is InChI=1S/C6H10O.C2H6/c7-5-6-3-1-2-4-6;1-2/h5-6H,1-4H2;1-2H3. The quantitative estimate of drug-likeness (QED) is 0.495. The Hall–Kier alpha value is -0.330. The summed E-state index contributed by atoms with van der Waals surface area (Å²) in [7, 11) is 0. The van der Waals surface area contributed by atoms with Crippen molar-refractivity contribution in [3.63, 3.8) is 0 Å². The molecular weight excluding hydrogens is 112 g/mol. The first-order valence-corrected chi connectivity index (χ1v) is 3.89. The number of carbonyl (C=O) groups excluding carboxylic acids is 1. The van der Waals surface area contributed by atoms with Gasteiger partial charge in [-0.15, -0.1) is 0 Å². The first-order valence-electron chi connectivity index (χ1n) is 3.89. The third-order valence-electron chi connectivity index (χ3n) is 1.59. The Morgan fingerprint density at radius 2 is 1.67 bits per heavy atom. The van der Waals surface area contributed by atoms with E-state index < -0.39 is 0 Å². The summed E-state index contributed by atoms with van der Waals surface area (Å²) < 4.78 is 0. The fraction of sp³-hybridized carbons (Fsp3) is 0.875. The number of rotatable bonds is 1. The topological polar surface area (TPSA) is 17.1 Å². The minimum Gasteiger partial charge on any atom is -0.303 e. The average Bonchev–Trinajstić information content (AvgIpc) is 2.43. The van der Waals surface area contributed by atoms with Crippen molar-refractivity contribution in [3.8, 4) is 0 Å². The molecule has 54 valence electrons. The Morgan fingerprint density at radius 3 is 1.89 bits per heavy atom. The summed E-state index contributed by atoms with van der Waals surface area (Å²) in [5, 5.41) is 0. The highest BCUT2D eigenvalue weighted by molar-refractivity contribution is 5.53. The van der Waals surface area contributed by atoms with Crippen molar-refractivity contribution in [3.05, 3.63) is 0 Å². The molecule has 1 fully saturated rings. The zero-order valence-corrected chi connectivity index (χ0v) is 6.39. The van der Waals surface area contributed by atoms with Crippen molar-refractivity contribution in [2.75, 3.05) is 0 Å². The highest BCUT2D eigenvalue weighted by Crippen LogP contribution is 2.21. The zero-order valence-electron chi connectivity index (χ0n) is 6.39. The van der Waals surface area contributed by atoms with Gasteiger partial charge in [0.1, 0.15) is 6.29 Å². The van der Waals surface area contributed by atoms with Crippen molar-refractivity contribution < 1.29 is 4.79 Å². The van der Waals surface area contributed by atoms with E-state index in [1.165, 1.54) is 12.8 Å². The molecule has 1 heteroatoms. The van der Waals surface area contributed by atoms with E-state index in [9.17, 15) is 4.79 Å². The summed E-state index contributed by atoms with van der Waals surface area (Å²) in [4.78, 5) is 10.0. The van der Waals surface area contributed by atoms with E-state index in [4.69, 9.17) is 0 Å². The molecule has 1 aliphatic carbocycles. The van der Waals surface area contributed by atoms with Crippen LogP contribution in [0.25, 0.3) is 0 Å². The largest absolute Gasteiger partial charge is 0.303 e. The van der Waals surface area contributed by atoms with Gasteiger partial charge in [-0.1, -0.05) is 26.7 Å². The SMILES string of the molecule is CC.O=CC1CCCC1. The molecule has 0 saturated heterocycles. The second kappa shape index (κ2) is 5.80. The van der Waals surface area contributed by atoms with Gasteiger partial charge in [0.15, 0.2) is 0 Å². The molecule has 0 heterocycles. The third-order valence-corrected chi connectivity index (χ3v) is 1.59. The smallest absolute Gasteiger partial charge is 0.123 e. The Bertz CT molecular complexity index is 63.0. The molecule has 0 aromatic rings. The van der Waals surface area contributed by atoms with Crippen LogP contribution in [0.4, 0.5) is 0 Å². The average molecular weight is 128 g/mol. The second-order valence-electron chi connectivity index (χ2n) is 2.18. The van der Waals surface area contributed by atoms with Crippen LogP contribution in [0.2, 0.25) is 0 Å². The first-order chi connectivity index (χ1) is 4.43. The molecule has 0 aliphatic heterocycles. The molecule has 1 aliphatic rings. The van der Waals surface area contributed by atoms with Gasteiger partial charge in [0.2, 0.25) is 0 Å². The van der Waals surface area contributed by atoms with Gasteiger partial charge in [-0.2, -0.15) is 0 Å². The van der Waals surface area contributed by atoms with Crippen LogP contribution in [0.5, 0.6) is 0 Å². The van der Waals surface area contributed by atoms with E-state index in [0.29, 0.717) is 5.92 Å². The molecular formula is C8H16O. The fourth-order valence-corrected chi connectivity index (χ4v) is 1.09. The van der Waals surface area contributed by atoms with E-state index >= 15 is 0 Å². The molecule has 0 unspecified atom stereocenters. The van der Waals surface area contributed by atoms with Crippen LogP contribution < -0.4 is 0 Å². The van der Waals surface area contributed by atoms with Gasteiger partial charge >= 0.3 is 0 Å². The Balaban J connectivity index is 0.000000291. The lowest BCUT2D eigenvalue weighted by molar-refractivity contribution is -0.110. The Labute approximate surface area is 57.5 Å². The molecule has 1 nitrogen and oxygen atoms in total. The maximum Gasteiger partial charge on any atom is 0.123 e. The second-order valence-corrected chi connectivity index (χ2v) is 2.18. The van der Waals surface area contributed by atoms with Crippen LogP contribution in [0.15, 0.2) is 0 Å². The van der Waals surface area contributed by atoms with E-state index in [1.807, 2.05) is 13.8 Å². The van der Waals surface area contributed by atoms with Crippen molar-refractivity contribution in [1.82, 2.24) is 0 Å². The molecule has 0 radical (unpaired) electrons. The molecule has 1 rings (SSSR count). The summed E-state index contributed by atoms with van der Waals surface area (Å²) in [5.41, 5.74) is 0. The Kier molecular flexibility index (Phi) is 5.59. The number of hydrogen-bond donors (Lipinski definition) is 0. The van der Waals surface area contributed by atoms with Crippen LogP contribution in [-0.4, -0.2) is 6.29 Å². The van der Waals surface area contributed by atoms with E-state index in [2.05, 4.69) is 0 Å². The maximum absolute atomic E-state index is 10.0. The number of hydrogen-bond acceptors (Lipinski definition) is 1. The molecule has 0 spiro atoms. The summed E-state index contributed by atoms with van der Waals surface area (Å²) in [6.45, 7) is 4.00. The molecule has 0 atom stereocenters. The van der Waals surface area contributed by atoms with Crippen LogP contribution in [0.1, 0.15) is 39.5 Å². The number of carbonyl (C=O) groups is 1. The maximum atomic E-state index is 10.0. The summed E-state index contributed by atoms with van der Waals surface area (Å²) in [6, 6.07) is 0. The van der Waals surface area contributed by atoms with Gasteiger partial charge in [0.05, 0.1) is 0 Å². The summed E-state index contributed by atoms with van der Waals surface area (Å²) in [5.74, 6) is 0.417. The van der Waals surface area contributed by atoms with Crippen molar-refractivity contribution >= 4 is 6.29 Å². The normalized spacial score (nSPS) is 18.4. The van der Waals surface area contributed by atoms with Gasteiger partial charge < -0.3 is 4.79 Å². The predicted molar refractivity (Wildman–Crippen MR) is 39.4 cm³/mol. The molecule has 9 heavy (non-hydrogen) atoms. The lowest BCUT2D eigenvalue weighted by Crippen LogP contribution is -1.91. The van der Waals surface area contributed by atoms with Crippen LogP contribution >= 0.6 is 0 Å². The highest BCUT2D eigenvalue weighted by Gasteiger charge is 2.12. The molecule has 0 aromatic heterocycles. The van der Waals surface area contributed by atoms with Gasteiger partial charge in [0, 0.05) is 5.92 Å². The van der Waals surface area contributed by atoms with Gasteiger partial charge in [-0.05, 0) is 12.8 Å².